The molecule has 6 nitrogen and oxygen atoms in total. The van der Waals surface area contributed by atoms with Crippen molar-refractivity contribution in [1.82, 2.24) is 9.55 Å². The number of fused-ring (bicyclic) bond motifs is 3. The lowest BCUT2D eigenvalue weighted by molar-refractivity contribution is -0.115. The highest BCUT2D eigenvalue weighted by molar-refractivity contribution is 6.09. The number of nitrogens with one attached hydrogen (secondary N) is 1. The summed E-state index contributed by atoms with van der Waals surface area (Å²) in [6, 6.07) is 18.8. The molecule has 0 bridgehead atoms. The van der Waals surface area contributed by atoms with Gasteiger partial charge in [0, 0.05) is 41.6 Å². The number of carbonyl (C=O) groups is 2. The van der Waals surface area contributed by atoms with E-state index in [2.05, 4.69) is 10.3 Å². The zero-order chi connectivity index (χ0) is 21.4. The second-order valence-corrected chi connectivity index (χ2v) is 7.41. The van der Waals surface area contributed by atoms with Crippen LogP contribution in [-0.4, -0.2) is 21.2 Å². The number of hydrogen-bond acceptors (Lipinski definition) is 4. The average Bonchev–Trinajstić information content (AvgIpc) is 3.40. The maximum absolute atomic E-state index is 12.7. The van der Waals surface area contributed by atoms with Crippen LogP contribution < -0.4 is 5.32 Å². The highest BCUT2D eigenvalue weighted by atomic mass is 16.3. The van der Waals surface area contributed by atoms with Crippen molar-refractivity contribution in [2.45, 2.75) is 6.42 Å². The van der Waals surface area contributed by atoms with E-state index >= 15 is 0 Å². The molecule has 0 aliphatic carbocycles. The molecule has 0 saturated heterocycles. The summed E-state index contributed by atoms with van der Waals surface area (Å²) < 4.78 is 7.35. The fourth-order valence-corrected chi connectivity index (χ4v) is 3.80. The second-order valence-electron chi connectivity index (χ2n) is 7.41. The topological polar surface area (TPSA) is 77.1 Å². The van der Waals surface area contributed by atoms with Crippen molar-refractivity contribution in [3.63, 3.8) is 0 Å². The van der Waals surface area contributed by atoms with Gasteiger partial charge in [-0.05, 0) is 41.1 Å². The van der Waals surface area contributed by atoms with Gasteiger partial charge in [-0.15, -0.1) is 0 Å². The molecule has 1 amide bonds. The van der Waals surface area contributed by atoms with Crippen molar-refractivity contribution in [3.8, 4) is 0 Å². The molecule has 0 fully saturated rings. The van der Waals surface area contributed by atoms with E-state index in [0.29, 0.717) is 17.1 Å². The van der Waals surface area contributed by atoms with Gasteiger partial charge in [-0.25, -0.2) is 4.98 Å². The molecule has 0 spiro atoms. The van der Waals surface area contributed by atoms with Crippen LogP contribution in [0.25, 0.3) is 21.7 Å². The Balaban J connectivity index is 1.34. The second kappa shape index (κ2) is 7.57. The highest BCUT2D eigenvalue weighted by Gasteiger charge is 2.15. The zero-order valence-electron chi connectivity index (χ0n) is 16.8. The fourth-order valence-electron chi connectivity index (χ4n) is 3.80. The number of furan rings is 1. The van der Waals surface area contributed by atoms with Gasteiger partial charge >= 0.3 is 0 Å². The standard InChI is InChI=1S/C25H19N3O3/c1-28-13-12-26-25(28)24(30)17-6-9-19(10-7-17)27-22(29)14-18-15-31-21-11-8-16-4-2-3-5-20(16)23(18)21/h2-13,15H,14H2,1H3,(H,27,29). The van der Waals surface area contributed by atoms with E-state index < -0.39 is 0 Å². The van der Waals surface area contributed by atoms with E-state index in [1.807, 2.05) is 36.4 Å². The predicted octanol–water partition coefficient (Wildman–Crippen LogP) is 4.73. The van der Waals surface area contributed by atoms with Crippen molar-refractivity contribution < 1.29 is 14.0 Å². The quantitative estimate of drug-likeness (QED) is 0.426. The van der Waals surface area contributed by atoms with Crippen LogP contribution in [0.2, 0.25) is 0 Å². The SMILES string of the molecule is Cn1ccnc1C(=O)c1ccc(NC(=O)Cc2coc3ccc4ccccc4c23)cc1. The monoisotopic (exact) mass is 409 g/mol. The van der Waals surface area contributed by atoms with Crippen LogP contribution in [0.3, 0.4) is 0 Å². The number of ketones is 1. The molecular weight excluding hydrogens is 390 g/mol. The van der Waals surface area contributed by atoms with Crippen molar-refractivity contribution in [2.75, 3.05) is 5.32 Å². The number of amides is 1. The van der Waals surface area contributed by atoms with E-state index in [0.717, 1.165) is 27.3 Å². The lowest BCUT2D eigenvalue weighted by atomic mass is 10.0. The molecule has 0 aliphatic heterocycles. The van der Waals surface area contributed by atoms with Crippen LogP contribution in [0.1, 0.15) is 21.7 Å². The van der Waals surface area contributed by atoms with Crippen LogP contribution in [0.15, 0.2) is 83.7 Å². The molecule has 5 rings (SSSR count). The van der Waals surface area contributed by atoms with Crippen molar-refractivity contribution in [2.24, 2.45) is 7.05 Å². The maximum Gasteiger partial charge on any atom is 0.228 e. The highest BCUT2D eigenvalue weighted by Crippen LogP contribution is 2.30. The number of anilines is 1. The number of rotatable bonds is 5. The summed E-state index contributed by atoms with van der Waals surface area (Å²) in [5.41, 5.74) is 2.74. The van der Waals surface area contributed by atoms with E-state index in [1.165, 1.54) is 0 Å². The van der Waals surface area contributed by atoms with Gasteiger partial charge in [-0.3, -0.25) is 9.59 Å². The Morgan fingerprint density at radius 1 is 1.03 bits per heavy atom. The lowest BCUT2D eigenvalue weighted by Crippen LogP contribution is -2.14. The molecular formula is C25H19N3O3. The fraction of sp³-hybridized carbons (Fsp3) is 0.0800. The molecule has 152 valence electrons. The number of nitrogens with zero attached hydrogens (tertiary/aromatic N) is 2. The Bertz CT molecular complexity index is 1430. The minimum Gasteiger partial charge on any atom is -0.464 e. The molecule has 3 aromatic carbocycles. The van der Waals surface area contributed by atoms with E-state index in [-0.39, 0.29) is 18.1 Å². The number of hydrogen-bond donors (Lipinski definition) is 1. The van der Waals surface area contributed by atoms with Crippen molar-refractivity contribution in [3.05, 3.63) is 96.3 Å². The first kappa shape index (κ1) is 18.8. The third kappa shape index (κ3) is 3.48. The maximum atomic E-state index is 12.7. The number of aromatic nitrogens is 2. The Kier molecular flexibility index (Phi) is 4.59. The molecule has 0 atom stereocenters. The molecule has 2 heterocycles. The number of carbonyl (C=O) groups excluding carboxylic acids is 2. The summed E-state index contributed by atoms with van der Waals surface area (Å²) in [7, 11) is 1.78. The number of imidazole rings is 1. The van der Waals surface area contributed by atoms with E-state index in [4.69, 9.17) is 4.42 Å². The first-order valence-electron chi connectivity index (χ1n) is 9.90. The van der Waals surface area contributed by atoms with E-state index in [1.54, 1.807) is 54.5 Å². The summed E-state index contributed by atoms with van der Waals surface area (Å²) in [6.45, 7) is 0. The first-order valence-corrected chi connectivity index (χ1v) is 9.90. The Morgan fingerprint density at radius 3 is 2.61 bits per heavy atom. The molecule has 31 heavy (non-hydrogen) atoms. The molecule has 0 aliphatic rings. The number of aryl methyl sites for hydroxylation is 1. The molecule has 5 aromatic rings. The predicted molar refractivity (Wildman–Crippen MR) is 119 cm³/mol. The van der Waals surface area contributed by atoms with Gasteiger partial charge in [-0.2, -0.15) is 0 Å². The van der Waals surface area contributed by atoms with Gasteiger partial charge < -0.3 is 14.3 Å². The average molecular weight is 409 g/mol. The van der Waals surface area contributed by atoms with Gasteiger partial charge in [0.25, 0.3) is 0 Å². The van der Waals surface area contributed by atoms with Crippen molar-refractivity contribution in [1.29, 1.82) is 0 Å². The Morgan fingerprint density at radius 2 is 1.84 bits per heavy atom. The van der Waals surface area contributed by atoms with Crippen LogP contribution in [0, 0.1) is 0 Å². The summed E-state index contributed by atoms with van der Waals surface area (Å²) in [5.74, 6) is 0.0526. The first-order chi connectivity index (χ1) is 15.1. The Labute approximate surface area is 178 Å². The van der Waals surface area contributed by atoms with Gasteiger partial charge in [0.15, 0.2) is 5.82 Å². The Hall–Kier alpha value is -4.19. The number of benzene rings is 3. The molecule has 1 N–H and O–H groups in total. The molecule has 6 heteroatoms. The summed E-state index contributed by atoms with van der Waals surface area (Å²) in [4.78, 5) is 29.3. The summed E-state index contributed by atoms with van der Waals surface area (Å²) >= 11 is 0. The van der Waals surface area contributed by atoms with Crippen LogP contribution in [0.4, 0.5) is 5.69 Å². The smallest absolute Gasteiger partial charge is 0.228 e. The summed E-state index contributed by atoms with van der Waals surface area (Å²) in [5, 5.41) is 6.02. The minimum absolute atomic E-state index is 0.154. The van der Waals surface area contributed by atoms with Gasteiger partial charge in [-0.1, -0.05) is 30.3 Å². The summed E-state index contributed by atoms with van der Waals surface area (Å²) in [6.07, 6.45) is 5.15. The normalized spacial score (nSPS) is 11.1. The van der Waals surface area contributed by atoms with Crippen molar-refractivity contribution >= 4 is 39.1 Å². The molecule has 0 saturated carbocycles. The zero-order valence-corrected chi connectivity index (χ0v) is 16.8. The molecule has 2 aromatic heterocycles. The molecule has 0 unspecified atom stereocenters. The van der Waals surface area contributed by atoms with Gasteiger partial charge in [0.1, 0.15) is 5.58 Å². The van der Waals surface area contributed by atoms with Gasteiger partial charge in [0.2, 0.25) is 11.7 Å². The van der Waals surface area contributed by atoms with Crippen LogP contribution in [0.5, 0.6) is 0 Å². The van der Waals surface area contributed by atoms with Crippen LogP contribution in [-0.2, 0) is 18.3 Å². The van der Waals surface area contributed by atoms with Gasteiger partial charge in [0.05, 0.1) is 12.7 Å². The van der Waals surface area contributed by atoms with Crippen LogP contribution >= 0.6 is 0 Å². The third-order valence-electron chi connectivity index (χ3n) is 5.35. The van der Waals surface area contributed by atoms with E-state index in [9.17, 15) is 9.59 Å². The lowest BCUT2D eigenvalue weighted by Gasteiger charge is -2.07. The third-order valence-corrected chi connectivity index (χ3v) is 5.35. The largest absolute Gasteiger partial charge is 0.464 e. The molecule has 0 radical (unpaired) electrons. The minimum atomic E-state index is -0.165.